The first-order valence-corrected chi connectivity index (χ1v) is 5.74. The van der Waals surface area contributed by atoms with Gasteiger partial charge in [0.25, 0.3) is 0 Å². The van der Waals surface area contributed by atoms with Gasteiger partial charge in [-0.2, -0.15) is 0 Å². The average Bonchev–Trinajstić information content (AvgIpc) is 2.68. The van der Waals surface area contributed by atoms with Crippen molar-refractivity contribution >= 4 is 6.34 Å². The molecule has 2 saturated heterocycles. The second kappa shape index (κ2) is 4.53. The molecule has 0 amide bonds. The Hall–Kier alpha value is -0.690. The molecular formula is C11H20N2O4. The Kier molecular flexibility index (Phi) is 3.40. The van der Waals surface area contributed by atoms with Crippen LogP contribution in [0.1, 0.15) is 13.8 Å². The maximum Gasteiger partial charge on any atom is 0.179 e. The van der Waals surface area contributed by atoms with Crippen LogP contribution in [0.4, 0.5) is 0 Å². The van der Waals surface area contributed by atoms with Crippen LogP contribution in [0.5, 0.6) is 0 Å². The summed E-state index contributed by atoms with van der Waals surface area (Å²) in [5.74, 6) is -0.640. The lowest BCUT2D eigenvalue weighted by Gasteiger charge is -2.22. The monoisotopic (exact) mass is 244 g/mol. The second-order valence-electron chi connectivity index (χ2n) is 5.04. The largest absolute Gasteiger partial charge is 0.394 e. The summed E-state index contributed by atoms with van der Waals surface area (Å²) in [5, 5.41) is 9.26. The van der Waals surface area contributed by atoms with Gasteiger partial charge in [0.05, 0.1) is 12.9 Å². The van der Waals surface area contributed by atoms with Crippen molar-refractivity contribution in [3.63, 3.8) is 0 Å². The highest BCUT2D eigenvalue weighted by Gasteiger charge is 2.54. The van der Waals surface area contributed by atoms with E-state index < -0.39 is 12.0 Å². The summed E-state index contributed by atoms with van der Waals surface area (Å²) in [6.07, 6.45) is 0.390. The summed E-state index contributed by atoms with van der Waals surface area (Å²) in [7, 11) is 3.77. The molecule has 17 heavy (non-hydrogen) atoms. The third kappa shape index (κ3) is 2.60. The molecule has 4 atom stereocenters. The van der Waals surface area contributed by atoms with Crippen molar-refractivity contribution in [1.82, 2.24) is 4.90 Å². The van der Waals surface area contributed by atoms with E-state index in [0.29, 0.717) is 0 Å². The molecule has 0 spiro atoms. The fourth-order valence-electron chi connectivity index (χ4n) is 2.13. The molecule has 0 aromatic rings. The molecule has 98 valence electrons. The van der Waals surface area contributed by atoms with Crippen LogP contribution >= 0.6 is 0 Å². The van der Waals surface area contributed by atoms with Crippen LogP contribution in [0.3, 0.4) is 0 Å². The molecule has 0 aromatic carbocycles. The van der Waals surface area contributed by atoms with Crippen LogP contribution in [-0.2, 0) is 14.2 Å². The molecule has 0 bridgehead atoms. The van der Waals surface area contributed by atoms with Gasteiger partial charge in [0.2, 0.25) is 0 Å². The third-order valence-corrected chi connectivity index (χ3v) is 2.75. The Morgan fingerprint density at radius 3 is 2.53 bits per heavy atom. The minimum atomic E-state index is -0.640. The summed E-state index contributed by atoms with van der Waals surface area (Å²) in [6.45, 7) is 3.62. The summed E-state index contributed by atoms with van der Waals surface area (Å²) >= 11 is 0. The van der Waals surface area contributed by atoms with Crippen LogP contribution in [-0.4, -0.2) is 67.4 Å². The Balaban J connectivity index is 2.10. The van der Waals surface area contributed by atoms with Crippen molar-refractivity contribution in [1.29, 1.82) is 0 Å². The molecule has 1 N–H and O–H groups in total. The van der Waals surface area contributed by atoms with Crippen LogP contribution in [0.15, 0.2) is 4.99 Å². The first-order valence-electron chi connectivity index (χ1n) is 5.74. The van der Waals surface area contributed by atoms with Gasteiger partial charge in [0.1, 0.15) is 18.3 Å². The van der Waals surface area contributed by atoms with Crippen LogP contribution in [0, 0.1) is 0 Å². The Morgan fingerprint density at radius 1 is 1.29 bits per heavy atom. The van der Waals surface area contributed by atoms with Crippen molar-refractivity contribution in [3.05, 3.63) is 0 Å². The highest BCUT2D eigenvalue weighted by atomic mass is 16.8. The highest BCUT2D eigenvalue weighted by molar-refractivity contribution is 5.54. The Bertz CT molecular complexity index is 306. The molecule has 2 rings (SSSR count). The first kappa shape index (κ1) is 12.8. The highest BCUT2D eigenvalue weighted by Crippen LogP contribution is 2.38. The van der Waals surface area contributed by atoms with Gasteiger partial charge in [-0.05, 0) is 13.8 Å². The van der Waals surface area contributed by atoms with Gasteiger partial charge < -0.3 is 24.2 Å². The van der Waals surface area contributed by atoms with Crippen molar-refractivity contribution < 1.29 is 19.3 Å². The normalized spacial score (nSPS) is 39.8. The van der Waals surface area contributed by atoms with E-state index in [1.165, 1.54) is 0 Å². The Morgan fingerprint density at radius 2 is 1.94 bits per heavy atom. The first-order chi connectivity index (χ1) is 7.93. The van der Waals surface area contributed by atoms with E-state index in [9.17, 15) is 5.11 Å². The van der Waals surface area contributed by atoms with E-state index in [0.717, 1.165) is 0 Å². The number of hydrogen-bond donors (Lipinski definition) is 1. The number of aliphatic hydroxyl groups is 1. The van der Waals surface area contributed by atoms with Gasteiger partial charge in [-0.1, -0.05) is 0 Å². The quantitative estimate of drug-likeness (QED) is 0.551. The minimum absolute atomic E-state index is 0.0887. The van der Waals surface area contributed by atoms with Crippen molar-refractivity contribution in [2.75, 3.05) is 20.7 Å². The number of nitrogens with zero attached hydrogens (tertiary/aromatic N) is 2. The molecule has 0 radical (unpaired) electrons. The van der Waals surface area contributed by atoms with E-state index in [1.54, 1.807) is 6.34 Å². The SMILES string of the molecule is CN(C)/C=N/[C@@H]1O[C@H](CO)[C@H]2OC(C)(C)O[C@H]21. The summed E-state index contributed by atoms with van der Waals surface area (Å²) in [5.41, 5.74) is 0. The predicted molar refractivity (Wildman–Crippen MR) is 61.8 cm³/mol. The average molecular weight is 244 g/mol. The molecule has 0 aromatic heterocycles. The Labute approximate surface area is 101 Å². The van der Waals surface area contributed by atoms with E-state index in [4.69, 9.17) is 14.2 Å². The van der Waals surface area contributed by atoms with Crippen LogP contribution in [0.25, 0.3) is 0 Å². The van der Waals surface area contributed by atoms with Crippen LogP contribution < -0.4 is 0 Å². The number of rotatable bonds is 3. The van der Waals surface area contributed by atoms with Gasteiger partial charge in [-0.25, -0.2) is 4.99 Å². The van der Waals surface area contributed by atoms with Gasteiger partial charge in [0.15, 0.2) is 12.0 Å². The molecule has 2 heterocycles. The minimum Gasteiger partial charge on any atom is -0.394 e. The van der Waals surface area contributed by atoms with Gasteiger partial charge in [-0.3, -0.25) is 0 Å². The molecule has 6 nitrogen and oxygen atoms in total. The van der Waals surface area contributed by atoms with E-state index in [2.05, 4.69) is 4.99 Å². The number of hydrogen-bond acceptors (Lipinski definition) is 5. The van der Waals surface area contributed by atoms with Crippen molar-refractivity contribution in [2.45, 2.75) is 44.2 Å². The molecule has 2 fully saturated rings. The van der Waals surface area contributed by atoms with Gasteiger partial charge in [-0.15, -0.1) is 0 Å². The molecule has 0 unspecified atom stereocenters. The third-order valence-electron chi connectivity index (χ3n) is 2.75. The van der Waals surface area contributed by atoms with Crippen molar-refractivity contribution in [3.8, 4) is 0 Å². The van der Waals surface area contributed by atoms with Crippen LogP contribution in [0.2, 0.25) is 0 Å². The zero-order chi connectivity index (χ0) is 12.6. The zero-order valence-electron chi connectivity index (χ0n) is 10.7. The summed E-state index contributed by atoms with van der Waals surface area (Å²) < 4.78 is 17.1. The molecular weight excluding hydrogens is 224 g/mol. The van der Waals surface area contributed by atoms with E-state index in [1.807, 2.05) is 32.8 Å². The van der Waals surface area contributed by atoms with Gasteiger partial charge >= 0.3 is 0 Å². The molecule has 2 aliphatic heterocycles. The maximum atomic E-state index is 9.26. The van der Waals surface area contributed by atoms with E-state index in [-0.39, 0.29) is 24.9 Å². The second-order valence-corrected chi connectivity index (χ2v) is 5.04. The maximum absolute atomic E-state index is 9.26. The number of aliphatic hydroxyl groups excluding tert-OH is 1. The van der Waals surface area contributed by atoms with E-state index >= 15 is 0 Å². The predicted octanol–water partition coefficient (Wildman–Crippen LogP) is -0.186. The number of aliphatic imine (C=N–C) groups is 1. The molecule has 0 saturated carbocycles. The topological polar surface area (TPSA) is 63.5 Å². The lowest BCUT2D eigenvalue weighted by Crippen LogP contribution is -2.31. The molecule has 2 aliphatic rings. The standard InChI is InChI=1S/C11H20N2O4/c1-11(2)16-8-7(5-14)15-10(9(8)17-11)12-6-13(3)4/h6-10,14H,5H2,1-4H3/b12-6+/t7-,8-,9-,10-/m1/s1. The lowest BCUT2D eigenvalue weighted by atomic mass is 10.1. The fourth-order valence-corrected chi connectivity index (χ4v) is 2.13. The van der Waals surface area contributed by atoms with Crippen molar-refractivity contribution in [2.24, 2.45) is 4.99 Å². The zero-order valence-corrected chi connectivity index (χ0v) is 10.7. The molecule has 6 heteroatoms. The molecule has 0 aliphatic carbocycles. The number of fused-ring (bicyclic) bond motifs is 1. The lowest BCUT2D eigenvalue weighted by molar-refractivity contribution is -0.189. The smallest absolute Gasteiger partial charge is 0.179 e. The summed E-state index contributed by atoms with van der Waals surface area (Å²) in [4.78, 5) is 6.12. The van der Waals surface area contributed by atoms with Gasteiger partial charge in [0, 0.05) is 14.1 Å². The number of ether oxygens (including phenoxy) is 3. The summed E-state index contributed by atoms with van der Waals surface area (Å²) in [6, 6.07) is 0. The fraction of sp³-hybridized carbons (Fsp3) is 0.909.